The maximum atomic E-state index is 5.59. The summed E-state index contributed by atoms with van der Waals surface area (Å²) in [6.45, 7) is 5.98. The molecule has 0 aromatic carbocycles. The first-order valence-corrected chi connectivity index (χ1v) is 4.57. The zero-order valence-corrected chi connectivity index (χ0v) is 8.14. The number of hydrogen-bond acceptors (Lipinski definition) is 2. The molecule has 2 heteroatoms. The summed E-state index contributed by atoms with van der Waals surface area (Å²) in [5.74, 6) is 3.29. The quantitative estimate of drug-likeness (QED) is 0.458. The lowest BCUT2D eigenvalue weighted by Gasteiger charge is -2.17. The fourth-order valence-electron chi connectivity index (χ4n) is 1.18. The number of hydrogen-bond donors (Lipinski definition) is 2. The molecule has 0 saturated heterocycles. The molecule has 0 saturated carbocycles. The molecular formula is C10H20N2. The Morgan fingerprint density at radius 2 is 2.17 bits per heavy atom. The van der Waals surface area contributed by atoms with E-state index in [0.717, 1.165) is 19.4 Å². The van der Waals surface area contributed by atoms with Crippen molar-refractivity contribution in [1.29, 1.82) is 0 Å². The Morgan fingerprint density at radius 3 is 2.58 bits per heavy atom. The summed E-state index contributed by atoms with van der Waals surface area (Å²) in [6, 6.07) is 0.429. The molecule has 0 spiro atoms. The standard InChI is InChI=1S/C10H20N2/c1-4-5-6-12-10(8-11)7-9(2)3/h1,9-10,12H,5-8,11H2,2-3H3. The van der Waals surface area contributed by atoms with Gasteiger partial charge in [0.25, 0.3) is 0 Å². The molecule has 0 rings (SSSR count). The van der Waals surface area contributed by atoms with Crippen LogP contribution in [-0.4, -0.2) is 19.1 Å². The summed E-state index contributed by atoms with van der Waals surface area (Å²) in [7, 11) is 0. The van der Waals surface area contributed by atoms with Crippen LogP contribution in [-0.2, 0) is 0 Å². The molecule has 0 radical (unpaired) electrons. The van der Waals surface area contributed by atoms with Gasteiger partial charge in [-0.1, -0.05) is 13.8 Å². The zero-order valence-electron chi connectivity index (χ0n) is 8.14. The van der Waals surface area contributed by atoms with Gasteiger partial charge in [-0.25, -0.2) is 0 Å². The lowest BCUT2D eigenvalue weighted by atomic mass is 10.0. The van der Waals surface area contributed by atoms with E-state index in [-0.39, 0.29) is 0 Å². The van der Waals surface area contributed by atoms with Gasteiger partial charge in [-0.3, -0.25) is 0 Å². The highest BCUT2D eigenvalue weighted by atomic mass is 14.9. The van der Waals surface area contributed by atoms with Gasteiger partial charge in [0.1, 0.15) is 0 Å². The smallest absolute Gasteiger partial charge is 0.0212 e. The molecule has 0 aliphatic rings. The number of nitrogens with two attached hydrogens (primary N) is 1. The fourth-order valence-corrected chi connectivity index (χ4v) is 1.18. The molecule has 0 heterocycles. The van der Waals surface area contributed by atoms with Gasteiger partial charge in [-0.05, 0) is 12.3 Å². The molecule has 0 fully saturated rings. The molecule has 0 aliphatic heterocycles. The van der Waals surface area contributed by atoms with Crippen molar-refractivity contribution in [3.8, 4) is 12.3 Å². The minimum Gasteiger partial charge on any atom is -0.329 e. The molecule has 0 bridgehead atoms. The molecule has 2 nitrogen and oxygen atoms in total. The highest BCUT2D eigenvalue weighted by molar-refractivity contribution is 4.85. The van der Waals surface area contributed by atoms with Crippen LogP contribution in [0.1, 0.15) is 26.7 Å². The SMILES string of the molecule is C#CCCNC(CN)CC(C)C. The maximum absolute atomic E-state index is 5.59. The third-order valence-corrected chi connectivity index (χ3v) is 1.74. The van der Waals surface area contributed by atoms with Crippen molar-refractivity contribution in [3.05, 3.63) is 0 Å². The highest BCUT2D eigenvalue weighted by Gasteiger charge is 2.06. The first-order valence-electron chi connectivity index (χ1n) is 4.57. The maximum Gasteiger partial charge on any atom is 0.0212 e. The van der Waals surface area contributed by atoms with E-state index >= 15 is 0 Å². The average molecular weight is 168 g/mol. The van der Waals surface area contributed by atoms with Gasteiger partial charge in [0.15, 0.2) is 0 Å². The Labute approximate surface area is 75.9 Å². The second-order valence-corrected chi connectivity index (χ2v) is 3.47. The van der Waals surface area contributed by atoms with Crippen LogP contribution in [0.5, 0.6) is 0 Å². The molecule has 0 amide bonds. The summed E-state index contributed by atoms with van der Waals surface area (Å²) in [5, 5.41) is 3.33. The van der Waals surface area contributed by atoms with Crippen LogP contribution >= 0.6 is 0 Å². The van der Waals surface area contributed by atoms with Gasteiger partial charge in [0, 0.05) is 25.6 Å². The average Bonchev–Trinajstić information content (AvgIpc) is 2.02. The summed E-state index contributed by atoms with van der Waals surface area (Å²) in [6.07, 6.45) is 7.05. The Balaban J connectivity index is 3.47. The lowest BCUT2D eigenvalue weighted by Crippen LogP contribution is -2.37. The number of terminal acetylenes is 1. The number of rotatable bonds is 6. The fraction of sp³-hybridized carbons (Fsp3) is 0.800. The molecule has 0 aliphatic carbocycles. The van der Waals surface area contributed by atoms with Gasteiger partial charge < -0.3 is 11.1 Å². The molecule has 0 aromatic heterocycles. The molecule has 12 heavy (non-hydrogen) atoms. The second-order valence-electron chi connectivity index (χ2n) is 3.47. The van der Waals surface area contributed by atoms with Crippen molar-refractivity contribution in [2.75, 3.05) is 13.1 Å². The van der Waals surface area contributed by atoms with E-state index in [1.807, 2.05) is 0 Å². The third kappa shape index (κ3) is 6.21. The predicted octanol–water partition coefficient (Wildman–Crippen LogP) is 0.973. The first-order chi connectivity index (χ1) is 5.70. The normalized spacial score (nSPS) is 12.9. The van der Waals surface area contributed by atoms with E-state index in [2.05, 4.69) is 25.1 Å². The second kappa shape index (κ2) is 7.15. The van der Waals surface area contributed by atoms with Crippen LogP contribution in [0.15, 0.2) is 0 Å². The number of nitrogens with one attached hydrogen (secondary N) is 1. The van der Waals surface area contributed by atoms with Crippen molar-refractivity contribution in [1.82, 2.24) is 5.32 Å². The van der Waals surface area contributed by atoms with E-state index in [1.165, 1.54) is 0 Å². The van der Waals surface area contributed by atoms with Crippen molar-refractivity contribution < 1.29 is 0 Å². The molecule has 1 atom stereocenters. The zero-order chi connectivity index (χ0) is 9.40. The summed E-state index contributed by atoms with van der Waals surface area (Å²) in [4.78, 5) is 0. The van der Waals surface area contributed by atoms with Gasteiger partial charge >= 0.3 is 0 Å². The van der Waals surface area contributed by atoms with Gasteiger partial charge in [-0.2, -0.15) is 0 Å². The van der Waals surface area contributed by atoms with E-state index in [0.29, 0.717) is 18.5 Å². The largest absolute Gasteiger partial charge is 0.329 e. The third-order valence-electron chi connectivity index (χ3n) is 1.74. The van der Waals surface area contributed by atoms with Crippen LogP contribution in [0.4, 0.5) is 0 Å². The first kappa shape index (κ1) is 11.5. The van der Waals surface area contributed by atoms with Gasteiger partial charge in [0.05, 0.1) is 0 Å². The van der Waals surface area contributed by atoms with Gasteiger partial charge in [-0.15, -0.1) is 12.3 Å². The molecule has 0 aromatic rings. The summed E-state index contributed by atoms with van der Waals surface area (Å²) < 4.78 is 0. The Hall–Kier alpha value is -0.520. The van der Waals surface area contributed by atoms with Crippen LogP contribution in [0.3, 0.4) is 0 Å². The minimum atomic E-state index is 0.429. The lowest BCUT2D eigenvalue weighted by molar-refractivity contribution is 0.428. The highest BCUT2D eigenvalue weighted by Crippen LogP contribution is 2.02. The van der Waals surface area contributed by atoms with E-state index < -0.39 is 0 Å². The monoisotopic (exact) mass is 168 g/mol. The van der Waals surface area contributed by atoms with E-state index in [1.54, 1.807) is 0 Å². The topological polar surface area (TPSA) is 38.0 Å². The summed E-state index contributed by atoms with van der Waals surface area (Å²) in [5.41, 5.74) is 5.59. The van der Waals surface area contributed by atoms with Crippen molar-refractivity contribution in [2.45, 2.75) is 32.7 Å². The molecule has 3 N–H and O–H groups in total. The van der Waals surface area contributed by atoms with Crippen molar-refractivity contribution >= 4 is 0 Å². The van der Waals surface area contributed by atoms with E-state index in [4.69, 9.17) is 12.2 Å². The van der Waals surface area contributed by atoms with Crippen LogP contribution in [0.2, 0.25) is 0 Å². The Kier molecular flexibility index (Phi) is 6.84. The van der Waals surface area contributed by atoms with Crippen LogP contribution in [0.25, 0.3) is 0 Å². The van der Waals surface area contributed by atoms with Gasteiger partial charge in [0.2, 0.25) is 0 Å². The molecular weight excluding hydrogens is 148 g/mol. The van der Waals surface area contributed by atoms with Crippen molar-refractivity contribution in [3.63, 3.8) is 0 Å². The van der Waals surface area contributed by atoms with E-state index in [9.17, 15) is 0 Å². The predicted molar refractivity (Wildman–Crippen MR) is 53.8 cm³/mol. The van der Waals surface area contributed by atoms with Crippen LogP contribution < -0.4 is 11.1 Å². The van der Waals surface area contributed by atoms with Crippen molar-refractivity contribution in [2.24, 2.45) is 11.7 Å². The Morgan fingerprint density at radius 1 is 1.50 bits per heavy atom. The molecule has 70 valence electrons. The minimum absolute atomic E-state index is 0.429. The summed E-state index contributed by atoms with van der Waals surface area (Å²) >= 11 is 0. The molecule has 1 unspecified atom stereocenters. The Bertz CT molecular complexity index is 135. The van der Waals surface area contributed by atoms with Crippen LogP contribution in [0, 0.1) is 18.3 Å².